The van der Waals surface area contributed by atoms with E-state index in [9.17, 15) is 14.7 Å². The normalized spacial score (nSPS) is 12.2. The lowest BCUT2D eigenvalue weighted by Crippen LogP contribution is -2.18. The third-order valence-electron chi connectivity index (χ3n) is 4.98. The van der Waals surface area contributed by atoms with Crippen molar-refractivity contribution in [3.05, 3.63) is 83.4 Å². The fourth-order valence-corrected chi connectivity index (χ4v) is 3.60. The van der Waals surface area contributed by atoms with E-state index < -0.39 is 6.09 Å². The first-order valence-electron chi connectivity index (χ1n) is 9.00. The fourth-order valence-electron chi connectivity index (χ4n) is 3.60. The summed E-state index contributed by atoms with van der Waals surface area (Å²) in [7, 11) is 0. The number of aromatic hydroxyl groups is 1. The Hall–Kier alpha value is -3.60. The molecule has 5 heteroatoms. The van der Waals surface area contributed by atoms with Crippen LogP contribution in [0.15, 0.2) is 66.7 Å². The van der Waals surface area contributed by atoms with Crippen LogP contribution in [0.5, 0.6) is 5.75 Å². The van der Waals surface area contributed by atoms with Gasteiger partial charge in [0.15, 0.2) is 5.78 Å². The topological polar surface area (TPSA) is 75.6 Å². The van der Waals surface area contributed by atoms with Gasteiger partial charge < -0.3 is 9.84 Å². The summed E-state index contributed by atoms with van der Waals surface area (Å²) in [6, 6.07) is 20.5. The summed E-state index contributed by atoms with van der Waals surface area (Å²) in [5.41, 5.74) is 5.09. The maximum Gasteiger partial charge on any atom is 0.411 e. The van der Waals surface area contributed by atoms with Crippen molar-refractivity contribution < 1.29 is 19.4 Å². The molecule has 0 bridgehead atoms. The second kappa shape index (κ2) is 7.19. The molecule has 0 heterocycles. The maximum atomic E-state index is 12.3. The SMILES string of the molecule is CC(=O)c1ccc(O)c(NC(=O)OCC2c3ccccc3-c3ccccc32)c1. The van der Waals surface area contributed by atoms with E-state index >= 15 is 0 Å². The molecule has 0 spiro atoms. The number of phenols is 1. The Kier molecular flexibility index (Phi) is 4.57. The summed E-state index contributed by atoms with van der Waals surface area (Å²) in [6.45, 7) is 1.59. The lowest BCUT2D eigenvalue weighted by Gasteiger charge is -2.15. The van der Waals surface area contributed by atoms with Crippen LogP contribution in [0.2, 0.25) is 0 Å². The Morgan fingerprint density at radius 1 is 0.964 bits per heavy atom. The zero-order chi connectivity index (χ0) is 19.7. The molecule has 5 nitrogen and oxygen atoms in total. The average Bonchev–Trinajstić information content (AvgIpc) is 3.02. The molecule has 2 N–H and O–H groups in total. The third-order valence-corrected chi connectivity index (χ3v) is 4.98. The number of ketones is 1. The minimum atomic E-state index is -0.683. The van der Waals surface area contributed by atoms with Gasteiger partial charge in [0.1, 0.15) is 12.4 Å². The summed E-state index contributed by atoms with van der Waals surface area (Å²) < 4.78 is 5.45. The molecule has 4 rings (SSSR count). The number of ether oxygens (including phenoxy) is 1. The van der Waals surface area contributed by atoms with Gasteiger partial charge in [-0.3, -0.25) is 10.1 Å². The van der Waals surface area contributed by atoms with Crippen molar-refractivity contribution in [3.63, 3.8) is 0 Å². The summed E-state index contributed by atoms with van der Waals surface area (Å²) in [4.78, 5) is 23.8. The highest BCUT2D eigenvalue weighted by Crippen LogP contribution is 2.44. The first-order chi connectivity index (χ1) is 13.5. The van der Waals surface area contributed by atoms with Gasteiger partial charge in [-0.05, 0) is 47.4 Å². The number of hydrogen-bond acceptors (Lipinski definition) is 4. The van der Waals surface area contributed by atoms with Crippen LogP contribution in [0.4, 0.5) is 10.5 Å². The molecular formula is C23H19NO4. The molecule has 0 saturated heterocycles. The van der Waals surface area contributed by atoms with Gasteiger partial charge in [0.2, 0.25) is 0 Å². The van der Waals surface area contributed by atoms with Crippen molar-refractivity contribution in [1.29, 1.82) is 0 Å². The molecule has 3 aromatic carbocycles. The first-order valence-corrected chi connectivity index (χ1v) is 9.00. The molecule has 0 saturated carbocycles. The highest BCUT2D eigenvalue weighted by molar-refractivity contribution is 5.97. The number of nitrogens with one attached hydrogen (secondary N) is 1. The monoisotopic (exact) mass is 373 g/mol. The fraction of sp³-hybridized carbons (Fsp3) is 0.130. The van der Waals surface area contributed by atoms with E-state index in [4.69, 9.17) is 4.74 Å². The number of amides is 1. The van der Waals surface area contributed by atoms with Crippen molar-refractivity contribution >= 4 is 17.6 Å². The van der Waals surface area contributed by atoms with Crippen LogP contribution in [-0.2, 0) is 4.74 Å². The zero-order valence-corrected chi connectivity index (χ0v) is 15.3. The van der Waals surface area contributed by atoms with Gasteiger partial charge in [-0.2, -0.15) is 0 Å². The van der Waals surface area contributed by atoms with Gasteiger partial charge in [-0.15, -0.1) is 0 Å². The largest absolute Gasteiger partial charge is 0.506 e. The number of fused-ring (bicyclic) bond motifs is 3. The minimum absolute atomic E-state index is 0.0460. The number of anilines is 1. The standard InChI is InChI=1S/C23H19NO4/c1-14(25)15-10-11-22(26)21(12-15)24-23(27)28-13-20-18-8-4-2-6-16(18)17-7-3-5-9-19(17)20/h2-12,20,26H,13H2,1H3,(H,24,27). The predicted molar refractivity (Wildman–Crippen MR) is 107 cm³/mol. The number of carbonyl (C=O) groups is 2. The molecule has 0 radical (unpaired) electrons. The average molecular weight is 373 g/mol. The smallest absolute Gasteiger partial charge is 0.411 e. The molecule has 1 aliphatic rings. The van der Waals surface area contributed by atoms with E-state index in [2.05, 4.69) is 17.4 Å². The van der Waals surface area contributed by atoms with Crippen LogP contribution in [0.25, 0.3) is 11.1 Å². The second-order valence-electron chi connectivity index (χ2n) is 6.74. The molecule has 1 amide bonds. The van der Waals surface area contributed by atoms with Crippen LogP contribution < -0.4 is 5.32 Å². The maximum absolute atomic E-state index is 12.3. The van der Waals surface area contributed by atoms with Crippen molar-refractivity contribution in [3.8, 4) is 16.9 Å². The Morgan fingerprint density at radius 3 is 2.18 bits per heavy atom. The van der Waals surface area contributed by atoms with Gasteiger partial charge in [-0.25, -0.2) is 4.79 Å². The van der Waals surface area contributed by atoms with Gasteiger partial charge >= 0.3 is 6.09 Å². The van der Waals surface area contributed by atoms with Crippen LogP contribution in [0, 0.1) is 0 Å². The quantitative estimate of drug-likeness (QED) is 0.501. The number of phenolic OH excluding ortho intramolecular Hbond substituents is 1. The molecule has 28 heavy (non-hydrogen) atoms. The molecular weight excluding hydrogens is 354 g/mol. The van der Waals surface area contributed by atoms with Crippen molar-refractivity contribution in [2.24, 2.45) is 0 Å². The minimum Gasteiger partial charge on any atom is -0.506 e. The number of carbonyl (C=O) groups excluding carboxylic acids is 2. The first kappa shape index (κ1) is 17.8. The van der Waals surface area contributed by atoms with Gasteiger partial charge in [0.05, 0.1) is 5.69 Å². The van der Waals surface area contributed by atoms with Gasteiger partial charge in [0.25, 0.3) is 0 Å². The van der Waals surface area contributed by atoms with E-state index in [1.165, 1.54) is 25.1 Å². The van der Waals surface area contributed by atoms with Gasteiger partial charge in [-0.1, -0.05) is 48.5 Å². The van der Waals surface area contributed by atoms with E-state index in [-0.39, 0.29) is 29.7 Å². The number of Topliss-reactive ketones (excluding diaryl/α,β-unsaturated/α-hetero) is 1. The third kappa shape index (κ3) is 3.22. The lowest BCUT2D eigenvalue weighted by atomic mass is 9.98. The summed E-state index contributed by atoms with van der Waals surface area (Å²) in [5.74, 6) is -0.329. The zero-order valence-electron chi connectivity index (χ0n) is 15.3. The molecule has 0 unspecified atom stereocenters. The molecule has 0 aliphatic heterocycles. The number of hydrogen-bond donors (Lipinski definition) is 2. The van der Waals surface area contributed by atoms with Crippen molar-refractivity contribution in [2.45, 2.75) is 12.8 Å². The highest BCUT2D eigenvalue weighted by Gasteiger charge is 2.29. The Bertz CT molecular complexity index is 1030. The molecule has 0 aromatic heterocycles. The van der Waals surface area contributed by atoms with Crippen LogP contribution in [-0.4, -0.2) is 23.6 Å². The molecule has 3 aromatic rings. The predicted octanol–water partition coefficient (Wildman–Crippen LogP) is 4.96. The van der Waals surface area contributed by atoms with Crippen LogP contribution >= 0.6 is 0 Å². The van der Waals surface area contributed by atoms with Crippen LogP contribution in [0.3, 0.4) is 0 Å². The van der Waals surface area contributed by atoms with Crippen LogP contribution in [0.1, 0.15) is 34.3 Å². The highest BCUT2D eigenvalue weighted by atomic mass is 16.5. The van der Waals surface area contributed by atoms with Gasteiger partial charge in [0, 0.05) is 11.5 Å². The summed E-state index contributed by atoms with van der Waals surface area (Å²) in [6.07, 6.45) is -0.683. The Balaban J connectivity index is 1.50. The van der Waals surface area contributed by atoms with E-state index in [0.717, 1.165) is 22.3 Å². The Morgan fingerprint density at radius 2 is 1.57 bits per heavy atom. The van der Waals surface area contributed by atoms with Crippen molar-refractivity contribution in [2.75, 3.05) is 11.9 Å². The molecule has 1 aliphatic carbocycles. The molecule has 140 valence electrons. The molecule has 0 atom stereocenters. The Labute approximate surface area is 162 Å². The second-order valence-corrected chi connectivity index (χ2v) is 6.74. The van der Waals surface area contributed by atoms with Crippen molar-refractivity contribution in [1.82, 2.24) is 0 Å². The van der Waals surface area contributed by atoms with E-state index in [1.807, 2.05) is 36.4 Å². The molecule has 0 fully saturated rings. The number of rotatable bonds is 4. The lowest BCUT2D eigenvalue weighted by molar-refractivity contribution is 0.101. The van der Waals surface area contributed by atoms with E-state index in [1.54, 1.807) is 0 Å². The number of benzene rings is 3. The van der Waals surface area contributed by atoms with E-state index in [0.29, 0.717) is 5.56 Å². The summed E-state index contributed by atoms with van der Waals surface area (Å²) in [5, 5.41) is 12.4. The summed E-state index contributed by atoms with van der Waals surface area (Å²) >= 11 is 0.